The molecule has 0 saturated carbocycles. The zero-order valence-electron chi connectivity index (χ0n) is 12.4. The molecule has 0 fully saturated rings. The molecule has 0 bridgehead atoms. The summed E-state index contributed by atoms with van der Waals surface area (Å²) in [6, 6.07) is 14.6. The first kappa shape index (κ1) is 15.8. The van der Waals surface area contributed by atoms with Crippen LogP contribution in [0.2, 0.25) is 5.02 Å². The Labute approximate surface area is 142 Å². The predicted octanol–water partition coefficient (Wildman–Crippen LogP) is 3.35. The molecule has 0 atom stereocenters. The second-order valence-corrected chi connectivity index (χ2v) is 5.64. The van der Waals surface area contributed by atoms with Gasteiger partial charge in [0.1, 0.15) is 5.75 Å². The van der Waals surface area contributed by atoms with Gasteiger partial charge in [0.15, 0.2) is 0 Å². The number of nitrogen functional groups attached to an aromatic ring is 1. The first-order valence-electron chi connectivity index (χ1n) is 7.08. The normalized spacial score (nSPS) is 10.5. The zero-order valence-corrected chi connectivity index (χ0v) is 13.2. The second kappa shape index (κ2) is 6.22. The van der Waals surface area contributed by atoms with E-state index in [1.807, 2.05) is 24.3 Å². The lowest BCUT2D eigenvalue weighted by molar-refractivity contribution is 0.0848. The van der Waals surface area contributed by atoms with E-state index in [2.05, 4.69) is 5.32 Å². The lowest BCUT2D eigenvalue weighted by Gasteiger charge is -2.08. The molecule has 0 saturated heterocycles. The molecule has 0 aromatic heterocycles. The van der Waals surface area contributed by atoms with Gasteiger partial charge in [-0.05, 0) is 41.1 Å². The first-order valence-corrected chi connectivity index (χ1v) is 7.46. The number of hydrogen-bond donors (Lipinski definition) is 3. The number of halogens is 1. The Bertz CT molecular complexity index is 970. The van der Waals surface area contributed by atoms with Crippen LogP contribution in [-0.4, -0.2) is 16.9 Å². The molecule has 0 radical (unpaired) electrons. The van der Waals surface area contributed by atoms with Crippen molar-refractivity contribution in [2.24, 2.45) is 0 Å². The summed E-state index contributed by atoms with van der Waals surface area (Å²) >= 11 is 5.81. The number of aromatic hydroxyl groups is 1. The molecule has 3 aromatic carbocycles. The van der Waals surface area contributed by atoms with E-state index in [1.54, 1.807) is 0 Å². The summed E-state index contributed by atoms with van der Waals surface area (Å²) < 4.78 is 0. The van der Waals surface area contributed by atoms with E-state index in [-0.39, 0.29) is 22.6 Å². The highest BCUT2D eigenvalue weighted by atomic mass is 35.5. The van der Waals surface area contributed by atoms with E-state index in [0.717, 1.165) is 10.8 Å². The Hall–Kier alpha value is -3.05. The van der Waals surface area contributed by atoms with Crippen molar-refractivity contribution in [3.63, 3.8) is 0 Å². The van der Waals surface area contributed by atoms with Crippen LogP contribution in [0, 0.1) is 0 Å². The second-order valence-electron chi connectivity index (χ2n) is 5.24. The van der Waals surface area contributed by atoms with Crippen molar-refractivity contribution in [1.82, 2.24) is 5.32 Å². The molecule has 0 aliphatic heterocycles. The minimum Gasteiger partial charge on any atom is -0.507 e. The minimum atomic E-state index is -0.697. The Morgan fingerprint density at radius 1 is 0.958 bits per heavy atom. The number of fused-ring (bicyclic) bond motifs is 1. The number of nitrogens with one attached hydrogen (secondary N) is 1. The summed E-state index contributed by atoms with van der Waals surface area (Å²) in [6.45, 7) is 0. The van der Waals surface area contributed by atoms with Crippen molar-refractivity contribution in [2.45, 2.75) is 0 Å². The van der Waals surface area contributed by atoms with Crippen LogP contribution < -0.4 is 11.1 Å². The molecule has 24 heavy (non-hydrogen) atoms. The zero-order chi connectivity index (χ0) is 17.3. The first-order chi connectivity index (χ1) is 11.5. The van der Waals surface area contributed by atoms with E-state index in [1.165, 1.54) is 30.3 Å². The van der Waals surface area contributed by atoms with E-state index in [9.17, 15) is 14.7 Å². The maximum absolute atomic E-state index is 12.3. The molecule has 0 aliphatic rings. The molecule has 2 amide bonds. The van der Waals surface area contributed by atoms with E-state index in [0.29, 0.717) is 5.02 Å². The number of carbonyl (C=O) groups is 2. The number of phenolic OH excluding ortho intramolecular Hbond substituents is 1. The van der Waals surface area contributed by atoms with Gasteiger partial charge in [-0.3, -0.25) is 14.9 Å². The Balaban J connectivity index is 1.87. The summed E-state index contributed by atoms with van der Waals surface area (Å²) in [5.74, 6) is -1.53. The van der Waals surface area contributed by atoms with Crippen LogP contribution >= 0.6 is 11.6 Å². The lowest BCUT2D eigenvalue weighted by atomic mass is 10.1. The standard InChI is InChI=1S/C18H13ClN2O3/c19-14-6-5-12(8-15(14)20)17(23)21-18(24)13-7-10-3-1-2-4-11(10)9-16(13)22/h1-9,22H,20H2,(H,21,23,24). The molecule has 6 heteroatoms. The van der Waals surface area contributed by atoms with Crippen molar-refractivity contribution in [3.05, 3.63) is 70.7 Å². The van der Waals surface area contributed by atoms with Crippen molar-refractivity contribution in [2.75, 3.05) is 5.73 Å². The molecule has 0 heterocycles. The highest BCUT2D eigenvalue weighted by Gasteiger charge is 2.17. The predicted molar refractivity (Wildman–Crippen MR) is 93.3 cm³/mol. The average molecular weight is 341 g/mol. The smallest absolute Gasteiger partial charge is 0.261 e. The molecule has 120 valence electrons. The minimum absolute atomic E-state index is 0.0176. The molecule has 0 spiro atoms. The number of phenols is 1. The van der Waals surface area contributed by atoms with Gasteiger partial charge >= 0.3 is 0 Å². The number of nitrogens with two attached hydrogens (primary N) is 1. The molecule has 0 aliphatic carbocycles. The Kier molecular flexibility index (Phi) is 4.10. The van der Waals surface area contributed by atoms with Crippen molar-refractivity contribution < 1.29 is 14.7 Å². The number of anilines is 1. The van der Waals surface area contributed by atoms with Gasteiger partial charge in [0.25, 0.3) is 11.8 Å². The van der Waals surface area contributed by atoms with Crippen LogP contribution in [0.5, 0.6) is 5.75 Å². The molecule has 3 aromatic rings. The van der Waals surface area contributed by atoms with Crippen LogP contribution in [-0.2, 0) is 0 Å². The van der Waals surface area contributed by atoms with Gasteiger partial charge in [0, 0.05) is 5.56 Å². The van der Waals surface area contributed by atoms with Gasteiger partial charge < -0.3 is 10.8 Å². The van der Waals surface area contributed by atoms with Crippen LogP contribution in [0.1, 0.15) is 20.7 Å². The highest BCUT2D eigenvalue weighted by Crippen LogP contribution is 2.25. The van der Waals surface area contributed by atoms with Gasteiger partial charge in [-0.25, -0.2) is 0 Å². The summed E-state index contributed by atoms with van der Waals surface area (Å²) in [7, 11) is 0. The largest absolute Gasteiger partial charge is 0.507 e. The fourth-order valence-electron chi connectivity index (χ4n) is 2.34. The van der Waals surface area contributed by atoms with Crippen molar-refractivity contribution >= 4 is 39.9 Å². The fraction of sp³-hybridized carbons (Fsp3) is 0. The van der Waals surface area contributed by atoms with Crippen LogP contribution in [0.25, 0.3) is 10.8 Å². The summed E-state index contributed by atoms with van der Waals surface area (Å²) in [5, 5.41) is 14.2. The fourth-order valence-corrected chi connectivity index (χ4v) is 2.46. The summed E-state index contributed by atoms with van der Waals surface area (Å²) in [4.78, 5) is 24.5. The van der Waals surface area contributed by atoms with Gasteiger partial charge in [0.2, 0.25) is 0 Å². The van der Waals surface area contributed by atoms with E-state index in [4.69, 9.17) is 17.3 Å². The third-order valence-corrected chi connectivity index (χ3v) is 3.94. The number of carbonyl (C=O) groups excluding carboxylic acids is 2. The monoisotopic (exact) mass is 340 g/mol. The number of benzene rings is 3. The third-order valence-electron chi connectivity index (χ3n) is 3.59. The lowest BCUT2D eigenvalue weighted by Crippen LogP contribution is -2.30. The topological polar surface area (TPSA) is 92.4 Å². The highest BCUT2D eigenvalue weighted by molar-refractivity contribution is 6.33. The van der Waals surface area contributed by atoms with Crippen LogP contribution in [0.15, 0.2) is 54.6 Å². The maximum Gasteiger partial charge on any atom is 0.261 e. The average Bonchev–Trinajstić information content (AvgIpc) is 2.56. The van der Waals surface area contributed by atoms with E-state index >= 15 is 0 Å². The van der Waals surface area contributed by atoms with Gasteiger partial charge in [-0.1, -0.05) is 35.9 Å². The SMILES string of the molecule is Nc1cc(C(=O)NC(=O)c2cc3ccccc3cc2O)ccc1Cl. The van der Waals surface area contributed by atoms with Crippen molar-refractivity contribution in [3.8, 4) is 5.75 Å². The molecule has 3 rings (SSSR count). The van der Waals surface area contributed by atoms with Gasteiger partial charge in [-0.15, -0.1) is 0 Å². The van der Waals surface area contributed by atoms with Gasteiger partial charge in [-0.2, -0.15) is 0 Å². The Morgan fingerprint density at radius 3 is 2.29 bits per heavy atom. The van der Waals surface area contributed by atoms with E-state index < -0.39 is 11.8 Å². The quantitative estimate of drug-likeness (QED) is 0.492. The molecular weight excluding hydrogens is 328 g/mol. The molecule has 5 nitrogen and oxygen atoms in total. The number of rotatable bonds is 2. The van der Waals surface area contributed by atoms with Crippen molar-refractivity contribution in [1.29, 1.82) is 0 Å². The number of amides is 2. The van der Waals surface area contributed by atoms with Crippen LogP contribution in [0.3, 0.4) is 0 Å². The Morgan fingerprint density at radius 2 is 1.62 bits per heavy atom. The van der Waals surface area contributed by atoms with Crippen LogP contribution in [0.4, 0.5) is 5.69 Å². The maximum atomic E-state index is 12.3. The van der Waals surface area contributed by atoms with Gasteiger partial charge in [0.05, 0.1) is 16.3 Å². The third kappa shape index (κ3) is 3.02. The summed E-state index contributed by atoms with van der Waals surface area (Å²) in [5.41, 5.74) is 6.11. The summed E-state index contributed by atoms with van der Waals surface area (Å²) in [6.07, 6.45) is 0. The number of hydrogen-bond acceptors (Lipinski definition) is 4. The molecular formula is C18H13ClN2O3. The number of imide groups is 1. The molecule has 4 N–H and O–H groups in total. The molecule has 0 unspecified atom stereocenters.